The minimum Gasteiger partial charge on any atom is -0.508 e. The quantitative estimate of drug-likeness (QED) is 0.766. The number of amides is 1. The molecule has 0 aromatic heterocycles. The van der Waals surface area contributed by atoms with Gasteiger partial charge in [-0.3, -0.25) is 4.79 Å². The molecule has 1 saturated heterocycles. The van der Waals surface area contributed by atoms with Crippen molar-refractivity contribution in [1.29, 1.82) is 0 Å². The van der Waals surface area contributed by atoms with E-state index in [1.807, 2.05) is 4.90 Å². The lowest BCUT2D eigenvalue weighted by atomic mass is 10.1. The van der Waals surface area contributed by atoms with Gasteiger partial charge in [-0.2, -0.15) is 0 Å². The summed E-state index contributed by atoms with van der Waals surface area (Å²) in [6.07, 6.45) is 0. The number of hydrogen-bond acceptors (Lipinski definition) is 3. The maximum atomic E-state index is 12.3. The summed E-state index contributed by atoms with van der Waals surface area (Å²) in [5, 5.41) is 12.9. The van der Waals surface area contributed by atoms with Crippen molar-refractivity contribution in [2.24, 2.45) is 0 Å². The van der Waals surface area contributed by atoms with Crippen LogP contribution in [0.3, 0.4) is 0 Å². The van der Waals surface area contributed by atoms with Gasteiger partial charge in [0.05, 0.1) is 0 Å². The van der Waals surface area contributed by atoms with Gasteiger partial charge in [-0.1, -0.05) is 6.07 Å². The van der Waals surface area contributed by atoms with E-state index >= 15 is 0 Å². The summed E-state index contributed by atoms with van der Waals surface area (Å²) in [4.78, 5) is 14.1. The van der Waals surface area contributed by atoms with Gasteiger partial charge in [0.1, 0.15) is 5.75 Å². The van der Waals surface area contributed by atoms with Gasteiger partial charge in [0.25, 0.3) is 5.91 Å². The topological polar surface area (TPSA) is 52.6 Å². The number of carbonyl (C=O) groups excluding carboxylic acids is 1. The number of phenols is 1. The predicted octanol–water partition coefficient (Wildman–Crippen LogP) is 1.13. The highest BCUT2D eigenvalue weighted by Crippen LogP contribution is 2.21. The highest BCUT2D eigenvalue weighted by molar-refractivity contribution is 5.96. The number of carbonyl (C=O) groups is 1. The molecule has 1 heterocycles. The van der Waals surface area contributed by atoms with Crippen LogP contribution in [0.1, 0.15) is 22.8 Å². The molecule has 1 aromatic rings. The highest BCUT2D eigenvalue weighted by atomic mass is 16.3. The van der Waals surface area contributed by atoms with Crippen molar-refractivity contribution in [3.8, 4) is 5.75 Å². The average molecular weight is 234 g/mol. The predicted molar refractivity (Wildman–Crippen MR) is 66.2 cm³/mol. The fraction of sp³-hybridized carbons (Fsp3) is 0.462. The van der Waals surface area contributed by atoms with E-state index in [4.69, 9.17) is 0 Å². The Kier molecular flexibility index (Phi) is 3.33. The molecule has 2 rings (SSSR count). The van der Waals surface area contributed by atoms with E-state index in [1.165, 1.54) is 0 Å². The van der Waals surface area contributed by atoms with Crippen LogP contribution in [0.5, 0.6) is 5.75 Å². The van der Waals surface area contributed by atoms with Crippen molar-refractivity contribution in [3.63, 3.8) is 0 Å². The molecule has 1 amide bonds. The summed E-state index contributed by atoms with van der Waals surface area (Å²) in [7, 11) is 0. The average Bonchev–Trinajstić information content (AvgIpc) is 2.32. The maximum Gasteiger partial charge on any atom is 0.254 e. The van der Waals surface area contributed by atoms with Crippen LogP contribution in [-0.4, -0.2) is 41.6 Å². The van der Waals surface area contributed by atoms with Crippen LogP contribution in [0.4, 0.5) is 0 Å². The van der Waals surface area contributed by atoms with E-state index in [0.717, 1.165) is 13.1 Å². The second-order valence-corrected chi connectivity index (χ2v) is 4.56. The summed E-state index contributed by atoms with van der Waals surface area (Å²) in [6, 6.07) is 5.41. The van der Waals surface area contributed by atoms with Crippen LogP contribution in [0, 0.1) is 6.92 Å². The summed E-state index contributed by atoms with van der Waals surface area (Å²) in [5.41, 5.74) is 1.25. The number of hydrogen-bond donors (Lipinski definition) is 2. The number of nitrogens with one attached hydrogen (secondary N) is 1. The van der Waals surface area contributed by atoms with Crippen molar-refractivity contribution in [1.82, 2.24) is 10.2 Å². The zero-order valence-electron chi connectivity index (χ0n) is 10.2. The van der Waals surface area contributed by atoms with Crippen molar-refractivity contribution in [2.45, 2.75) is 19.9 Å². The van der Waals surface area contributed by atoms with Crippen LogP contribution in [0.25, 0.3) is 0 Å². The van der Waals surface area contributed by atoms with E-state index in [9.17, 15) is 9.90 Å². The van der Waals surface area contributed by atoms with Crippen molar-refractivity contribution < 1.29 is 9.90 Å². The molecule has 4 heteroatoms. The first-order valence-corrected chi connectivity index (χ1v) is 5.91. The normalized spacial score (nSPS) is 20.4. The van der Waals surface area contributed by atoms with Gasteiger partial charge >= 0.3 is 0 Å². The fourth-order valence-electron chi connectivity index (χ4n) is 2.14. The molecule has 1 atom stereocenters. The third-order valence-corrected chi connectivity index (χ3v) is 3.19. The molecular formula is C13H18N2O2. The second-order valence-electron chi connectivity index (χ2n) is 4.56. The molecule has 0 aliphatic carbocycles. The van der Waals surface area contributed by atoms with Gasteiger partial charge in [0.15, 0.2) is 0 Å². The number of phenolic OH excluding ortho intramolecular Hbond substituents is 1. The van der Waals surface area contributed by atoms with Gasteiger partial charge in [-0.05, 0) is 26.0 Å². The zero-order chi connectivity index (χ0) is 12.4. The molecule has 92 valence electrons. The molecule has 17 heavy (non-hydrogen) atoms. The number of rotatable bonds is 1. The fourth-order valence-corrected chi connectivity index (χ4v) is 2.14. The van der Waals surface area contributed by atoms with E-state index in [-0.39, 0.29) is 11.7 Å². The van der Waals surface area contributed by atoms with E-state index in [0.29, 0.717) is 23.7 Å². The lowest BCUT2D eigenvalue weighted by Gasteiger charge is -2.32. The van der Waals surface area contributed by atoms with Crippen molar-refractivity contribution in [3.05, 3.63) is 29.3 Å². The first-order chi connectivity index (χ1) is 8.09. The van der Waals surface area contributed by atoms with Crippen LogP contribution < -0.4 is 5.32 Å². The van der Waals surface area contributed by atoms with Crippen LogP contribution in [0.2, 0.25) is 0 Å². The first kappa shape index (κ1) is 11.9. The van der Waals surface area contributed by atoms with E-state index in [1.54, 1.807) is 25.1 Å². The Bertz CT molecular complexity index is 431. The molecule has 1 aliphatic rings. The van der Waals surface area contributed by atoms with Gasteiger partial charge in [0, 0.05) is 36.8 Å². The van der Waals surface area contributed by atoms with Crippen LogP contribution >= 0.6 is 0 Å². The molecule has 0 saturated carbocycles. The number of benzene rings is 1. The van der Waals surface area contributed by atoms with Gasteiger partial charge in [-0.15, -0.1) is 0 Å². The largest absolute Gasteiger partial charge is 0.508 e. The summed E-state index contributed by atoms with van der Waals surface area (Å²) < 4.78 is 0. The maximum absolute atomic E-state index is 12.3. The van der Waals surface area contributed by atoms with Crippen LogP contribution in [0.15, 0.2) is 18.2 Å². The molecular weight excluding hydrogens is 216 g/mol. The molecule has 0 unspecified atom stereocenters. The Morgan fingerprint density at radius 1 is 1.53 bits per heavy atom. The van der Waals surface area contributed by atoms with Crippen molar-refractivity contribution in [2.75, 3.05) is 19.6 Å². The Morgan fingerprint density at radius 2 is 2.29 bits per heavy atom. The molecule has 1 aromatic carbocycles. The standard InChI is InChI=1S/C13H18N2O2/c1-9-8-15(7-6-14-9)13(17)11-4-3-5-12(16)10(11)2/h3-5,9,14,16H,6-8H2,1-2H3/t9-/m0/s1. The third-order valence-electron chi connectivity index (χ3n) is 3.19. The summed E-state index contributed by atoms with van der Waals surface area (Å²) in [6.45, 7) is 6.10. The van der Waals surface area contributed by atoms with Crippen LogP contribution in [-0.2, 0) is 0 Å². The SMILES string of the molecule is Cc1c(O)cccc1C(=O)N1CCN[C@@H](C)C1. The number of piperazine rings is 1. The second kappa shape index (κ2) is 4.75. The number of nitrogens with zero attached hydrogens (tertiary/aromatic N) is 1. The van der Waals surface area contributed by atoms with Gasteiger partial charge in [0.2, 0.25) is 0 Å². The molecule has 0 spiro atoms. The Morgan fingerprint density at radius 3 is 3.00 bits per heavy atom. The lowest BCUT2D eigenvalue weighted by Crippen LogP contribution is -2.51. The summed E-state index contributed by atoms with van der Waals surface area (Å²) >= 11 is 0. The summed E-state index contributed by atoms with van der Waals surface area (Å²) in [5.74, 6) is 0.186. The molecule has 2 N–H and O–H groups in total. The zero-order valence-corrected chi connectivity index (χ0v) is 10.2. The molecule has 0 radical (unpaired) electrons. The van der Waals surface area contributed by atoms with Gasteiger partial charge < -0.3 is 15.3 Å². The molecule has 0 bridgehead atoms. The molecule has 1 fully saturated rings. The Hall–Kier alpha value is -1.55. The van der Waals surface area contributed by atoms with E-state index in [2.05, 4.69) is 12.2 Å². The highest BCUT2D eigenvalue weighted by Gasteiger charge is 2.23. The molecule has 1 aliphatic heterocycles. The Balaban J connectivity index is 2.22. The first-order valence-electron chi connectivity index (χ1n) is 5.91. The monoisotopic (exact) mass is 234 g/mol. The third kappa shape index (κ3) is 2.42. The minimum absolute atomic E-state index is 0.00625. The number of aromatic hydroxyl groups is 1. The van der Waals surface area contributed by atoms with E-state index < -0.39 is 0 Å². The Labute approximate surface area is 101 Å². The minimum atomic E-state index is 0.00625. The lowest BCUT2D eigenvalue weighted by molar-refractivity contribution is 0.0708. The van der Waals surface area contributed by atoms with Crippen molar-refractivity contribution >= 4 is 5.91 Å². The smallest absolute Gasteiger partial charge is 0.254 e. The van der Waals surface area contributed by atoms with Gasteiger partial charge in [-0.25, -0.2) is 0 Å². The molecule has 4 nitrogen and oxygen atoms in total.